The minimum Gasteiger partial charge on any atom is -0.492 e. The van der Waals surface area contributed by atoms with Gasteiger partial charge in [0.25, 0.3) is 0 Å². The van der Waals surface area contributed by atoms with Crippen molar-refractivity contribution in [3.05, 3.63) is 28.7 Å². The van der Waals surface area contributed by atoms with Crippen LogP contribution in [0.25, 0.3) is 0 Å². The molecule has 1 amide bonds. The van der Waals surface area contributed by atoms with Crippen molar-refractivity contribution in [1.82, 2.24) is 5.32 Å². The number of para-hydroxylation sites is 1. The van der Waals surface area contributed by atoms with Gasteiger partial charge in [0.15, 0.2) is 0 Å². The number of ether oxygens (including phenoxy) is 1. The molecule has 0 unspecified atom stereocenters. The van der Waals surface area contributed by atoms with Gasteiger partial charge in [-0.05, 0) is 34.5 Å². The van der Waals surface area contributed by atoms with Crippen molar-refractivity contribution in [2.45, 2.75) is 19.0 Å². The van der Waals surface area contributed by atoms with E-state index in [1.54, 1.807) is 17.4 Å². The van der Waals surface area contributed by atoms with Gasteiger partial charge in [-0.1, -0.05) is 12.1 Å². The Labute approximate surface area is 117 Å². The van der Waals surface area contributed by atoms with E-state index in [4.69, 9.17) is 4.74 Å². The zero-order valence-corrected chi connectivity index (χ0v) is 11.6. The highest BCUT2D eigenvalue weighted by atomic mass is 79.9. The lowest BCUT2D eigenvalue weighted by atomic mass is 10.3. The van der Waals surface area contributed by atoms with Gasteiger partial charge in [0, 0.05) is 6.42 Å². The van der Waals surface area contributed by atoms with E-state index >= 15 is 0 Å². The smallest absolute Gasteiger partial charge is 0.405 e. The molecule has 106 valence electrons. The number of alkyl halides is 3. The molecule has 1 rings (SSSR count). The second kappa shape index (κ2) is 7.37. The highest BCUT2D eigenvalue weighted by Crippen LogP contribution is 2.23. The summed E-state index contributed by atoms with van der Waals surface area (Å²) in [5.74, 6) is 0.00579. The summed E-state index contributed by atoms with van der Waals surface area (Å²) in [6, 6.07) is 7.21. The SMILES string of the molecule is O=C(CCCOc1ccccc1Br)NCC(F)(F)F. The van der Waals surface area contributed by atoms with Crippen molar-refractivity contribution >= 4 is 21.8 Å². The first kappa shape index (κ1) is 15.8. The van der Waals surface area contributed by atoms with E-state index in [0.29, 0.717) is 12.2 Å². The molecule has 1 N–H and O–H groups in total. The van der Waals surface area contributed by atoms with E-state index in [-0.39, 0.29) is 13.0 Å². The van der Waals surface area contributed by atoms with Crippen molar-refractivity contribution in [3.8, 4) is 5.75 Å². The molecular weight excluding hydrogens is 327 g/mol. The predicted molar refractivity (Wildman–Crippen MR) is 67.9 cm³/mol. The average Bonchev–Trinajstić information content (AvgIpc) is 2.33. The molecule has 0 spiro atoms. The molecule has 0 fully saturated rings. The van der Waals surface area contributed by atoms with E-state index in [1.165, 1.54) is 0 Å². The molecule has 1 aromatic carbocycles. The van der Waals surface area contributed by atoms with E-state index in [2.05, 4.69) is 15.9 Å². The van der Waals surface area contributed by atoms with Crippen molar-refractivity contribution in [2.75, 3.05) is 13.2 Å². The van der Waals surface area contributed by atoms with Crippen LogP contribution in [0.5, 0.6) is 5.75 Å². The Kier molecular flexibility index (Phi) is 6.14. The summed E-state index contributed by atoms with van der Waals surface area (Å²) in [5, 5.41) is 1.80. The minimum atomic E-state index is -4.37. The number of rotatable bonds is 6. The second-order valence-corrected chi connectivity index (χ2v) is 4.63. The molecule has 0 atom stereocenters. The third-order valence-electron chi connectivity index (χ3n) is 2.13. The number of hydrogen-bond donors (Lipinski definition) is 1. The Morgan fingerprint density at radius 1 is 1.32 bits per heavy atom. The lowest BCUT2D eigenvalue weighted by Crippen LogP contribution is -2.33. The van der Waals surface area contributed by atoms with Gasteiger partial charge in [0.05, 0.1) is 11.1 Å². The molecule has 19 heavy (non-hydrogen) atoms. The van der Waals surface area contributed by atoms with Gasteiger partial charge in [-0.3, -0.25) is 4.79 Å². The maximum absolute atomic E-state index is 11.8. The number of carbonyl (C=O) groups is 1. The van der Waals surface area contributed by atoms with Crippen LogP contribution in [0.3, 0.4) is 0 Å². The summed E-state index contributed by atoms with van der Waals surface area (Å²) in [6.07, 6.45) is -4.02. The van der Waals surface area contributed by atoms with Gasteiger partial charge in [0.2, 0.25) is 5.91 Å². The quantitative estimate of drug-likeness (QED) is 0.807. The van der Waals surface area contributed by atoms with Crippen LogP contribution in [0.15, 0.2) is 28.7 Å². The third-order valence-corrected chi connectivity index (χ3v) is 2.78. The Balaban J connectivity index is 2.17. The predicted octanol–water partition coefficient (Wildman–Crippen LogP) is 3.29. The minimum absolute atomic E-state index is 0.000528. The Hall–Kier alpha value is -1.24. The van der Waals surface area contributed by atoms with Gasteiger partial charge >= 0.3 is 6.18 Å². The molecule has 0 bridgehead atoms. The number of carbonyl (C=O) groups excluding carboxylic acids is 1. The van der Waals surface area contributed by atoms with Gasteiger partial charge in [-0.25, -0.2) is 0 Å². The molecule has 0 radical (unpaired) electrons. The average molecular weight is 340 g/mol. The first-order valence-corrected chi connectivity index (χ1v) is 6.38. The first-order chi connectivity index (χ1) is 8.88. The molecule has 3 nitrogen and oxygen atoms in total. The Morgan fingerprint density at radius 2 is 2.00 bits per heavy atom. The zero-order chi connectivity index (χ0) is 14.3. The van der Waals surface area contributed by atoms with Crippen molar-refractivity contribution in [1.29, 1.82) is 0 Å². The van der Waals surface area contributed by atoms with Gasteiger partial charge in [-0.15, -0.1) is 0 Å². The van der Waals surface area contributed by atoms with Crippen LogP contribution in [0.2, 0.25) is 0 Å². The van der Waals surface area contributed by atoms with Crippen LogP contribution in [0.1, 0.15) is 12.8 Å². The van der Waals surface area contributed by atoms with Gasteiger partial charge in [-0.2, -0.15) is 13.2 Å². The van der Waals surface area contributed by atoms with Crippen molar-refractivity contribution < 1.29 is 22.7 Å². The van der Waals surface area contributed by atoms with E-state index in [0.717, 1.165) is 4.47 Å². The van der Waals surface area contributed by atoms with Gasteiger partial charge in [0.1, 0.15) is 12.3 Å². The number of hydrogen-bond acceptors (Lipinski definition) is 2. The highest BCUT2D eigenvalue weighted by molar-refractivity contribution is 9.10. The van der Waals surface area contributed by atoms with Crippen LogP contribution in [-0.2, 0) is 4.79 Å². The lowest BCUT2D eigenvalue weighted by Gasteiger charge is -2.09. The largest absolute Gasteiger partial charge is 0.492 e. The number of nitrogens with one attached hydrogen (secondary N) is 1. The monoisotopic (exact) mass is 339 g/mol. The van der Waals surface area contributed by atoms with Crippen LogP contribution in [-0.4, -0.2) is 25.2 Å². The maximum atomic E-state index is 11.8. The summed E-state index contributed by atoms with van der Waals surface area (Å²) < 4.78 is 41.6. The molecule has 7 heteroatoms. The second-order valence-electron chi connectivity index (χ2n) is 3.77. The summed E-state index contributed by atoms with van der Waals surface area (Å²) in [5.41, 5.74) is 0. The lowest BCUT2D eigenvalue weighted by molar-refractivity contribution is -0.138. The zero-order valence-electron chi connectivity index (χ0n) is 9.97. The standard InChI is InChI=1S/C12H13BrF3NO2/c13-9-4-1-2-5-10(9)19-7-3-6-11(18)17-8-12(14,15)16/h1-2,4-5H,3,6-8H2,(H,17,18). The van der Waals surface area contributed by atoms with Crippen LogP contribution < -0.4 is 10.1 Å². The van der Waals surface area contributed by atoms with Gasteiger partial charge < -0.3 is 10.1 Å². The molecule has 0 saturated carbocycles. The normalized spacial score (nSPS) is 11.2. The molecule has 0 aliphatic rings. The fourth-order valence-electron chi connectivity index (χ4n) is 1.26. The molecule has 0 aliphatic carbocycles. The Bertz CT molecular complexity index is 424. The summed E-state index contributed by atoms with van der Waals surface area (Å²) in [7, 11) is 0. The van der Waals surface area contributed by atoms with E-state index < -0.39 is 18.6 Å². The highest BCUT2D eigenvalue weighted by Gasteiger charge is 2.27. The topological polar surface area (TPSA) is 38.3 Å². The van der Waals surface area contributed by atoms with Crippen LogP contribution >= 0.6 is 15.9 Å². The first-order valence-electron chi connectivity index (χ1n) is 5.59. The fraction of sp³-hybridized carbons (Fsp3) is 0.417. The van der Waals surface area contributed by atoms with Crippen molar-refractivity contribution in [3.63, 3.8) is 0 Å². The van der Waals surface area contributed by atoms with Crippen LogP contribution in [0.4, 0.5) is 13.2 Å². The number of amides is 1. The number of benzene rings is 1. The Morgan fingerprint density at radius 3 is 2.63 bits per heavy atom. The molecular formula is C12H13BrF3NO2. The summed E-state index contributed by atoms with van der Waals surface area (Å²) in [6.45, 7) is -1.03. The number of halogens is 4. The maximum Gasteiger partial charge on any atom is 0.405 e. The third kappa shape index (κ3) is 7.05. The molecule has 0 heterocycles. The molecule has 0 aromatic heterocycles. The van der Waals surface area contributed by atoms with Crippen molar-refractivity contribution in [2.24, 2.45) is 0 Å². The summed E-state index contributed by atoms with van der Waals surface area (Å²) in [4.78, 5) is 11.1. The van der Waals surface area contributed by atoms with E-state index in [9.17, 15) is 18.0 Å². The summed E-state index contributed by atoms with van der Waals surface area (Å²) >= 11 is 3.29. The van der Waals surface area contributed by atoms with E-state index in [1.807, 2.05) is 12.1 Å². The molecule has 0 aliphatic heterocycles. The fourth-order valence-corrected chi connectivity index (χ4v) is 1.66. The molecule has 1 aromatic rings. The molecule has 0 saturated heterocycles. The van der Waals surface area contributed by atoms with Crippen LogP contribution in [0, 0.1) is 0 Å².